The fourth-order valence-electron chi connectivity index (χ4n) is 3.12. The Bertz CT molecular complexity index is 980. The van der Waals surface area contributed by atoms with Gasteiger partial charge in [0, 0.05) is 19.1 Å². The van der Waals surface area contributed by atoms with E-state index in [1.165, 1.54) is 0 Å². The van der Waals surface area contributed by atoms with Crippen LogP contribution in [0.3, 0.4) is 0 Å². The molecule has 0 aliphatic carbocycles. The van der Waals surface area contributed by atoms with E-state index < -0.39 is 23.7 Å². The van der Waals surface area contributed by atoms with Crippen molar-refractivity contribution in [2.24, 2.45) is 0 Å². The second kappa shape index (κ2) is 14.1. The van der Waals surface area contributed by atoms with Crippen molar-refractivity contribution < 1.29 is 38.1 Å². The van der Waals surface area contributed by atoms with Crippen molar-refractivity contribution in [2.75, 3.05) is 33.5 Å². The Morgan fingerprint density at radius 1 is 0.889 bits per heavy atom. The van der Waals surface area contributed by atoms with Gasteiger partial charge in [0.15, 0.2) is 12.4 Å². The Morgan fingerprint density at radius 3 is 2.08 bits per heavy atom. The Hall–Kier alpha value is -3.59. The van der Waals surface area contributed by atoms with Gasteiger partial charge in [-0.15, -0.1) is 0 Å². The van der Waals surface area contributed by atoms with Crippen LogP contribution in [0.25, 0.3) is 0 Å². The zero-order valence-electron chi connectivity index (χ0n) is 21.5. The number of rotatable bonds is 13. The highest BCUT2D eigenvalue weighted by Crippen LogP contribution is 2.18. The molecule has 0 aromatic heterocycles. The molecular formula is C27H35NO8. The van der Waals surface area contributed by atoms with Crippen molar-refractivity contribution in [3.05, 3.63) is 59.7 Å². The molecule has 2 aromatic rings. The van der Waals surface area contributed by atoms with Crippen LogP contribution < -0.4 is 14.8 Å². The van der Waals surface area contributed by atoms with E-state index in [1.807, 2.05) is 12.1 Å². The van der Waals surface area contributed by atoms with Crippen LogP contribution in [0.15, 0.2) is 48.5 Å². The summed E-state index contributed by atoms with van der Waals surface area (Å²) in [5.74, 6) is 0.324. The van der Waals surface area contributed by atoms with Crippen molar-refractivity contribution in [3.8, 4) is 11.5 Å². The second-order valence-corrected chi connectivity index (χ2v) is 8.87. The highest BCUT2D eigenvalue weighted by molar-refractivity contribution is 6.01. The number of ketones is 1. The number of Topliss-reactive ketones (excluding diaryl/α,β-unsaturated/α-hetero) is 1. The number of alkyl carbamates (subject to hydrolysis) is 1. The number of methoxy groups -OCH3 is 1. The van der Waals surface area contributed by atoms with E-state index in [2.05, 4.69) is 5.32 Å². The summed E-state index contributed by atoms with van der Waals surface area (Å²) in [5, 5.41) is 2.69. The number of benzene rings is 2. The van der Waals surface area contributed by atoms with Crippen molar-refractivity contribution in [1.82, 2.24) is 5.32 Å². The molecule has 0 saturated heterocycles. The highest BCUT2D eigenvalue weighted by Gasteiger charge is 2.26. The second-order valence-electron chi connectivity index (χ2n) is 8.87. The number of esters is 1. The lowest BCUT2D eigenvalue weighted by molar-refractivity contribution is -0.145. The van der Waals surface area contributed by atoms with E-state index in [0.717, 1.165) is 5.56 Å². The molecule has 1 atom stereocenters. The molecule has 0 radical (unpaired) electrons. The van der Waals surface area contributed by atoms with Crippen LogP contribution >= 0.6 is 0 Å². The molecular weight excluding hydrogens is 466 g/mol. The standard InChI is InChI=1S/C27H35NO8/c1-6-33-24(29)18-35-22-13-9-20(10-14-22)25(30)23(28-26(31)36-27(2,3)4)17-19-7-11-21(12-8-19)34-16-15-32-5/h7-14,23H,6,15-18H2,1-5H3,(H,28,31)/t23-/m0/s1. The minimum atomic E-state index is -0.869. The summed E-state index contributed by atoms with van der Waals surface area (Å²) >= 11 is 0. The molecule has 2 rings (SSSR count). The molecule has 36 heavy (non-hydrogen) atoms. The molecule has 0 unspecified atom stereocenters. The van der Waals surface area contributed by atoms with Gasteiger partial charge in [-0.05, 0) is 69.7 Å². The van der Waals surface area contributed by atoms with Crippen LogP contribution in [-0.2, 0) is 25.4 Å². The molecule has 1 N–H and O–H groups in total. The van der Waals surface area contributed by atoms with Crippen LogP contribution in [0, 0.1) is 0 Å². The summed E-state index contributed by atoms with van der Waals surface area (Å²) in [5.41, 5.74) is 0.494. The third-order valence-corrected chi connectivity index (χ3v) is 4.73. The van der Waals surface area contributed by atoms with E-state index in [0.29, 0.717) is 30.3 Å². The zero-order chi connectivity index (χ0) is 26.6. The van der Waals surface area contributed by atoms with E-state index in [9.17, 15) is 14.4 Å². The number of carbonyl (C=O) groups is 3. The predicted octanol–water partition coefficient (Wildman–Crippen LogP) is 3.97. The quantitative estimate of drug-likeness (QED) is 0.249. The van der Waals surface area contributed by atoms with Gasteiger partial charge in [-0.1, -0.05) is 12.1 Å². The topological polar surface area (TPSA) is 109 Å². The minimum Gasteiger partial charge on any atom is -0.491 e. The van der Waals surface area contributed by atoms with E-state index in [1.54, 1.807) is 71.2 Å². The van der Waals surface area contributed by atoms with Gasteiger partial charge >= 0.3 is 12.1 Å². The lowest BCUT2D eigenvalue weighted by Crippen LogP contribution is -2.44. The largest absolute Gasteiger partial charge is 0.491 e. The van der Waals surface area contributed by atoms with E-state index in [4.69, 9.17) is 23.7 Å². The minimum absolute atomic E-state index is 0.227. The molecule has 0 fully saturated rings. The number of hydrogen-bond donors (Lipinski definition) is 1. The maximum Gasteiger partial charge on any atom is 0.408 e. The van der Waals surface area contributed by atoms with Crippen LogP contribution in [0.4, 0.5) is 4.79 Å². The first-order valence-electron chi connectivity index (χ1n) is 11.7. The molecule has 0 aliphatic heterocycles. The Morgan fingerprint density at radius 2 is 1.50 bits per heavy atom. The lowest BCUT2D eigenvalue weighted by Gasteiger charge is -2.23. The molecule has 196 valence electrons. The number of ether oxygens (including phenoxy) is 5. The molecule has 2 aromatic carbocycles. The van der Waals surface area contributed by atoms with Gasteiger partial charge in [-0.2, -0.15) is 0 Å². The fraction of sp³-hybridized carbons (Fsp3) is 0.444. The maximum absolute atomic E-state index is 13.3. The summed E-state index contributed by atoms with van der Waals surface area (Å²) in [6.07, 6.45) is -0.438. The Kier molecular flexibility index (Phi) is 11.2. The maximum atomic E-state index is 13.3. The summed E-state index contributed by atoms with van der Waals surface area (Å²) < 4.78 is 26.1. The van der Waals surface area contributed by atoms with Crippen LogP contribution in [-0.4, -0.2) is 63.0 Å². The van der Waals surface area contributed by atoms with Gasteiger partial charge in [0.2, 0.25) is 0 Å². The van der Waals surface area contributed by atoms with Gasteiger partial charge < -0.3 is 29.0 Å². The SMILES string of the molecule is CCOC(=O)COc1ccc(C(=O)[C@H](Cc2ccc(OCCOC)cc2)NC(=O)OC(C)(C)C)cc1. The fourth-order valence-corrected chi connectivity index (χ4v) is 3.12. The number of nitrogens with one attached hydrogen (secondary N) is 1. The summed E-state index contributed by atoms with van der Waals surface area (Å²) in [4.78, 5) is 37.3. The number of carbonyl (C=O) groups excluding carboxylic acids is 3. The normalized spacial score (nSPS) is 11.8. The van der Waals surface area contributed by atoms with Gasteiger partial charge in [0.25, 0.3) is 0 Å². The van der Waals surface area contributed by atoms with Gasteiger partial charge in [0.1, 0.15) is 23.7 Å². The Labute approximate surface area is 212 Å². The molecule has 0 heterocycles. The molecule has 0 aliphatic rings. The monoisotopic (exact) mass is 501 g/mol. The third-order valence-electron chi connectivity index (χ3n) is 4.73. The Balaban J connectivity index is 2.13. The molecule has 0 spiro atoms. The smallest absolute Gasteiger partial charge is 0.408 e. The first kappa shape index (κ1) is 28.6. The van der Waals surface area contributed by atoms with Crippen LogP contribution in [0.1, 0.15) is 43.6 Å². The van der Waals surface area contributed by atoms with Gasteiger partial charge in [0.05, 0.1) is 19.3 Å². The van der Waals surface area contributed by atoms with Crippen molar-refractivity contribution in [3.63, 3.8) is 0 Å². The van der Waals surface area contributed by atoms with Crippen molar-refractivity contribution in [1.29, 1.82) is 0 Å². The molecule has 0 saturated carbocycles. The van der Waals surface area contributed by atoms with Crippen LogP contribution in [0.5, 0.6) is 11.5 Å². The zero-order valence-corrected chi connectivity index (χ0v) is 21.5. The summed E-state index contributed by atoms with van der Waals surface area (Å²) in [6, 6.07) is 12.7. The molecule has 0 bridgehead atoms. The number of amides is 1. The molecule has 1 amide bonds. The predicted molar refractivity (Wildman–Crippen MR) is 134 cm³/mol. The first-order valence-corrected chi connectivity index (χ1v) is 11.7. The van der Waals surface area contributed by atoms with Crippen molar-refractivity contribution >= 4 is 17.8 Å². The van der Waals surface area contributed by atoms with E-state index in [-0.39, 0.29) is 25.4 Å². The van der Waals surface area contributed by atoms with Crippen molar-refractivity contribution in [2.45, 2.75) is 45.8 Å². The lowest BCUT2D eigenvalue weighted by atomic mass is 9.97. The van der Waals surface area contributed by atoms with Crippen LogP contribution in [0.2, 0.25) is 0 Å². The van der Waals surface area contributed by atoms with Gasteiger partial charge in [-0.25, -0.2) is 9.59 Å². The summed E-state index contributed by atoms with van der Waals surface area (Å²) in [6.45, 7) is 7.91. The molecule has 9 heteroatoms. The molecule has 9 nitrogen and oxygen atoms in total. The average Bonchev–Trinajstić information content (AvgIpc) is 2.82. The highest BCUT2D eigenvalue weighted by atomic mass is 16.6. The van der Waals surface area contributed by atoms with E-state index >= 15 is 0 Å². The third kappa shape index (κ3) is 10.4. The summed E-state index contributed by atoms with van der Waals surface area (Å²) in [7, 11) is 1.60. The average molecular weight is 502 g/mol. The first-order chi connectivity index (χ1) is 17.1. The van der Waals surface area contributed by atoms with Gasteiger partial charge in [-0.3, -0.25) is 4.79 Å². The number of hydrogen-bond acceptors (Lipinski definition) is 8.